The van der Waals surface area contributed by atoms with Crippen LogP contribution in [0.25, 0.3) is 10.2 Å². The quantitative estimate of drug-likeness (QED) is 0.402. The van der Waals surface area contributed by atoms with Crippen LogP contribution in [0.2, 0.25) is 0 Å². The molecule has 9 heteroatoms. The van der Waals surface area contributed by atoms with Crippen LogP contribution in [0.3, 0.4) is 0 Å². The van der Waals surface area contributed by atoms with Crippen molar-refractivity contribution in [3.63, 3.8) is 0 Å². The van der Waals surface area contributed by atoms with Crippen molar-refractivity contribution in [2.75, 3.05) is 5.32 Å². The van der Waals surface area contributed by atoms with E-state index in [4.69, 9.17) is 0 Å². The van der Waals surface area contributed by atoms with Crippen LogP contribution in [0, 0.1) is 0 Å². The van der Waals surface area contributed by atoms with Gasteiger partial charge in [0.2, 0.25) is 5.91 Å². The third-order valence-corrected chi connectivity index (χ3v) is 6.63. The van der Waals surface area contributed by atoms with E-state index in [9.17, 15) is 18.0 Å². The number of fused-ring (bicyclic) bond motifs is 1. The second-order valence-corrected chi connectivity index (χ2v) is 8.35. The van der Waals surface area contributed by atoms with E-state index in [1.165, 1.54) is 35.1 Å². The number of thiophene rings is 1. The lowest BCUT2D eigenvalue weighted by Gasteiger charge is -2.15. The number of aryl methyl sites for hydroxylation is 1. The Hall–Kier alpha value is -2.13. The first-order valence-corrected chi connectivity index (χ1v) is 10.4. The number of thioether (sulfide) groups is 1. The molecule has 0 bridgehead atoms. The highest BCUT2D eigenvalue weighted by molar-refractivity contribution is 8.00. The largest absolute Gasteiger partial charge is 0.416 e. The first kappa shape index (κ1) is 20.6. The maximum Gasteiger partial charge on any atom is 0.416 e. The zero-order valence-electron chi connectivity index (χ0n) is 15.2. The van der Waals surface area contributed by atoms with Crippen LogP contribution in [0.1, 0.15) is 30.7 Å². The molecule has 0 fully saturated rings. The van der Waals surface area contributed by atoms with Gasteiger partial charge in [-0.2, -0.15) is 13.2 Å². The number of benzene rings is 1. The molecule has 0 spiro atoms. The molecule has 0 aliphatic heterocycles. The minimum absolute atomic E-state index is 0.121. The minimum Gasteiger partial charge on any atom is -0.325 e. The minimum atomic E-state index is -4.46. The fourth-order valence-electron chi connectivity index (χ4n) is 2.60. The monoisotopic (exact) mass is 425 g/mol. The van der Waals surface area contributed by atoms with Crippen molar-refractivity contribution in [3.8, 4) is 0 Å². The molecule has 2 heterocycles. The molecule has 0 saturated heterocycles. The van der Waals surface area contributed by atoms with Crippen molar-refractivity contribution in [1.82, 2.24) is 9.97 Å². The topological polar surface area (TPSA) is 54.9 Å². The second-order valence-electron chi connectivity index (χ2n) is 6.05. The average molecular weight is 426 g/mol. The van der Waals surface area contributed by atoms with Crippen molar-refractivity contribution < 1.29 is 18.0 Å². The van der Waals surface area contributed by atoms with Gasteiger partial charge in [0.25, 0.3) is 0 Å². The lowest BCUT2D eigenvalue weighted by atomic mass is 10.2. The van der Waals surface area contributed by atoms with Gasteiger partial charge in [0.05, 0.1) is 10.8 Å². The highest BCUT2D eigenvalue weighted by atomic mass is 32.2. The Morgan fingerprint density at radius 2 is 2.04 bits per heavy atom. The van der Waals surface area contributed by atoms with Crippen molar-refractivity contribution in [1.29, 1.82) is 0 Å². The number of nitrogens with one attached hydrogen (secondary N) is 1. The molecule has 0 aliphatic rings. The summed E-state index contributed by atoms with van der Waals surface area (Å²) in [6.45, 7) is 3.91. The summed E-state index contributed by atoms with van der Waals surface area (Å²) in [6.07, 6.45) is -1.59. The predicted molar refractivity (Wildman–Crippen MR) is 107 cm³/mol. The standard InChI is InChI=1S/C19H18F3N3OS2/c1-3-13-9-14-17(27-13)23-10-24-18(14)28-15(4-2)16(26)25-12-7-5-6-11(8-12)19(20,21)22/h5-10,15H,3-4H2,1-2H3,(H,25,26). The summed E-state index contributed by atoms with van der Waals surface area (Å²) >= 11 is 2.89. The van der Waals surface area contributed by atoms with Gasteiger partial charge in [-0.15, -0.1) is 11.3 Å². The normalized spacial score (nSPS) is 12.9. The maximum absolute atomic E-state index is 12.9. The summed E-state index contributed by atoms with van der Waals surface area (Å²) in [6, 6.07) is 6.66. The van der Waals surface area contributed by atoms with Gasteiger partial charge < -0.3 is 5.32 Å². The first-order valence-electron chi connectivity index (χ1n) is 8.70. The van der Waals surface area contributed by atoms with Gasteiger partial charge in [-0.05, 0) is 37.1 Å². The van der Waals surface area contributed by atoms with E-state index in [1.54, 1.807) is 11.3 Å². The average Bonchev–Trinajstić information content (AvgIpc) is 3.09. The van der Waals surface area contributed by atoms with Gasteiger partial charge in [-0.3, -0.25) is 4.79 Å². The van der Waals surface area contributed by atoms with Crippen LogP contribution in [0.15, 0.2) is 41.7 Å². The number of carbonyl (C=O) groups excluding carboxylic acids is 1. The number of halogens is 3. The Morgan fingerprint density at radius 3 is 2.71 bits per heavy atom. The third-order valence-electron chi connectivity index (χ3n) is 4.07. The lowest BCUT2D eigenvalue weighted by molar-refractivity contribution is -0.137. The van der Waals surface area contributed by atoms with Gasteiger partial charge in [0, 0.05) is 16.0 Å². The number of nitrogens with zero attached hydrogens (tertiary/aromatic N) is 2. The molecule has 0 aliphatic carbocycles. The number of carbonyl (C=O) groups is 1. The van der Waals surface area contributed by atoms with E-state index in [-0.39, 0.29) is 11.6 Å². The van der Waals surface area contributed by atoms with E-state index >= 15 is 0 Å². The molecule has 1 N–H and O–H groups in total. The summed E-state index contributed by atoms with van der Waals surface area (Å²) in [7, 11) is 0. The van der Waals surface area contributed by atoms with Crippen LogP contribution >= 0.6 is 23.1 Å². The number of anilines is 1. The van der Waals surface area contributed by atoms with Gasteiger partial charge >= 0.3 is 6.18 Å². The number of rotatable bonds is 6. The Morgan fingerprint density at radius 1 is 1.25 bits per heavy atom. The first-order chi connectivity index (χ1) is 13.3. The van der Waals surface area contributed by atoms with Crippen molar-refractivity contribution in [2.45, 2.75) is 43.1 Å². The Balaban J connectivity index is 1.79. The van der Waals surface area contributed by atoms with Gasteiger partial charge in [0.15, 0.2) is 0 Å². The lowest BCUT2D eigenvalue weighted by Crippen LogP contribution is -2.25. The molecule has 0 saturated carbocycles. The molecular formula is C19H18F3N3OS2. The Bertz CT molecular complexity index is 988. The van der Waals surface area contributed by atoms with Gasteiger partial charge in [-0.1, -0.05) is 31.7 Å². The molecule has 4 nitrogen and oxygen atoms in total. The molecule has 1 unspecified atom stereocenters. The summed E-state index contributed by atoms with van der Waals surface area (Å²) in [4.78, 5) is 23.3. The predicted octanol–water partition coefficient (Wildman–Crippen LogP) is 5.78. The van der Waals surface area contributed by atoms with Gasteiger partial charge in [-0.25, -0.2) is 9.97 Å². The van der Waals surface area contributed by atoms with Crippen LogP contribution in [0.5, 0.6) is 0 Å². The summed E-state index contributed by atoms with van der Waals surface area (Å²) in [5.41, 5.74) is -0.676. The number of hydrogen-bond donors (Lipinski definition) is 1. The molecule has 1 atom stereocenters. The molecule has 0 radical (unpaired) electrons. The molecule has 28 heavy (non-hydrogen) atoms. The van der Waals surface area contributed by atoms with E-state index in [0.29, 0.717) is 11.4 Å². The van der Waals surface area contributed by atoms with Crippen LogP contribution in [-0.4, -0.2) is 21.1 Å². The molecular weight excluding hydrogens is 407 g/mol. The number of hydrogen-bond acceptors (Lipinski definition) is 5. The summed E-state index contributed by atoms with van der Waals surface area (Å²) in [5.74, 6) is -0.357. The van der Waals surface area contributed by atoms with Crippen molar-refractivity contribution in [3.05, 3.63) is 47.1 Å². The molecule has 1 amide bonds. The number of amides is 1. The zero-order chi connectivity index (χ0) is 20.3. The fraction of sp³-hybridized carbons (Fsp3) is 0.316. The van der Waals surface area contributed by atoms with E-state index in [2.05, 4.69) is 22.2 Å². The Labute approximate surface area is 168 Å². The van der Waals surface area contributed by atoms with Crippen LogP contribution in [0.4, 0.5) is 18.9 Å². The van der Waals surface area contributed by atoms with Crippen molar-refractivity contribution >= 4 is 44.9 Å². The van der Waals surface area contributed by atoms with Crippen LogP contribution in [-0.2, 0) is 17.4 Å². The molecule has 3 rings (SSSR count). The smallest absolute Gasteiger partial charge is 0.325 e. The number of alkyl halides is 3. The van der Waals surface area contributed by atoms with Gasteiger partial charge in [0.1, 0.15) is 16.2 Å². The van der Waals surface area contributed by atoms with Crippen molar-refractivity contribution in [2.24, 2.45) is 0 Å². The highest BCUT2D eigenvalue weighted by Crippen LogP contribution is 2.35. The Kier molecular flexibility index (Phi) is 6.24. The maximum atomic E-state index is 12.9. The summed E-state index contributed by atoms with van der Waals surface area (Å²) in [5, 5.41) is 3.70. The van der Waals surface area contributed by atoms with E-state index in [0.717, 1.165) is 28.8 Å². The third kappa shape index (κ3) is 4.64. The zero-order valence-corrected chi connectivity index (χ0v) is 16.8. The second kappa shape index (κ2) is 8.48. The van der Waals surface area contributed by atoms with E-state index in [1.807, 2.05) is 13.0 Å². The summed E-state index contributed by atoms with van der Waals surface area (Å²) < 4.78 is 38.6. The fourth-order valence-corrected chi connectivity index (χ4v) is 4.60. The highest BCUT2D eigenvalue weighted by Gasteiger charge is 2.30. The number of aromatic nitrogens is 2. The van der Waals surface area contributed by atoms with E-state index < -0.39 is 17.0 Å². The SMILES string of the molecule is CCc1cc2c(SC(CC)C(=O)Nc3cccc(C(F)(F)F)c3)ncnc2s1. The molecule has 2 aromatic heterocycles. The molecule has 1 aromatic carbocycles. The van der Waals surface area contributed by atoms with Crippen LogP contribution < -0.4 is 5.32 Å². The molecule has 3 aromatic rings. The molecule has 148 valence electrons.